The van der Waals surface area contributed by atoms with Crippen LogP contribution in [0, 0.1) is 12.8 Å². The smallest absolute Gasteiger partial charge is 0.168 e. The number of fused-ring (bicyclic) bond motifs is 1. The molecule has 0 amide bonds. The molecule has 0 aliphatic heterocycles. The van der Waals surface area contributed by atoms with E-state index in [1.54, 1.807) is 11.0 Å². The molecule has 1 atom stereocenters. The van der Waals surface area contributed by atoms with Crippen LogP contribution in [0.3, 0.4) is 0 Å². The topological polar surface area (TPSA) is 47.8 Å². The van der Waals surface area contributed by atoms with Crippen molar-refractivity contribution in [1.82, 2.24) is 14.8 Å². The van der Waals surface area contributed by atoms with Crippen molar-refractivity contribution in [1.29, 1.82) is 0 Å². The molecular weight excluding hydrogens is 226 g/mol. The molecule has 4 heteroatoms. The van der Waals surface area contributed by atoms with E-state index in [1.165, 1.54) is 17.5 Å². The maximum absolute atomic E-state index is 12.4. The van der Waals surface area contributed by atoms with Gasteiger partial charge in [-0.1, -0.05) is 18.2 Å². The summed E-state index contributed by atoms with van der Waals surface area (Å²) in [5.41, 5.74) is 3.34. The second-order valence-electron chi connectivity index (χ2n) is 4.82. The zero-order chi connectivity index (χ0) is 12.5. The van der Waals surface area contributed by atoms with E-state index in [9.17, 15) is 4.79 Å². The van der Waals surface area contributed by atoms with Gasteiger partial charge in [-0.25, -0.2) is 4.98 Å². The van der Waals surface area contributed by atoms with Gasteiger partial charge in [0.1, 0.15) is 12.7 Å². The Balaban J connectivity index is 1.88. The van der Waals surface area contributed by atoms with E-state index in [0.29, 0.717) is 6.54 Å². The minimum atomic E-state index is 0.0287. The number of rotatable bonds is 2. The van der Waals surface area contributed by atoms with Crippen LogP contribution in [-0.2, 0) is 13.0 Å². The van der Waals surface area contributed by atoms with Crippen molar-refractivity contribution in [2.45, 2.75) is 26.3 Å². The maximum atomic E-state index is 12.4. The predicted octanol–water partition coefficient (Wildman–Crippen LogP) is 2.03. The molecule has 0 saturated carbocycles. The van der Waals surface area contributed by atoms with Crippen LogP contribution in [0.5, 0.6) is 0 Å². The van der Waals surface area contributed by atoms with Gasteiger partial charge in [-0.2, -0.15) is 5.10 Å². The third-order valence-electron chi connectivity index (χ3n) is 3.66. The summed E-state index contributed by atoms with van der Waals surface area (Å²) in [6.45, 7) is 2.70. The quantitative estimate of drug-likeness (QED) is 0.808. The highest BCUT2D eigenvalue weighted by atomic mass is 16.1. The summed E-state index contributed by atoms with van der Waals surface area (Å²) >= 11 is 0. The van der Waals surface area contributed by atoms with Gasteiger partial charge in [0.15, 0.2) is 5.78 Å². The molecule has 0 fully saturated rings. The number of nitrogens with zero attached hydrogens (tertiary/aromatic N) is 3. The highest BCUT2D eigenvalue weighted by Crippen LogP contribution is 2.28. The van der Waals surface area contributed by atoms with E-state index in [-0.39, 0.29) is 11.7 Å². The van der Waals surface area contributed by atoms with Gasteiger partial charge in [0.05, 0.1) is 6.54 Å². The number of aryl methyl sites for hydroxylation is 1. The lowest BCUT2D eigenvalue weighted by Gasteiger charge is -2.24. The largest absolute Gasteiger partial charge is 0.294 e. The third-order valence-corrected chi connectivity index (χ3v) is 3.66. The standard InChI is InChI=1S/C14H15N3O/c1-10-3-2-4-13-12(10)6-5-11(14(13)18)7-17-9-15-8-16-17/h2-4,8-9,11H,5-7H2,1H3. The van der Waals surface area contributed by atoms with Gasteiger partial charge in [-0.05, 0) is 30.9 Å². The van der Waals surface area contributed by atoms with Gasteiger partial charge < -0.3 is 0 Å². The molecule has 0 radical (unpaired) electrons. The number of benzene rings is 1. The van der Waals surface area contributed by atoms with Crippen LogP contribution in [0.1, 0.15) is 27.9 Å². The minimum Gasteiger partial charge on any atom is -0.294 e. The Hall–Kier alpha value is -1.97. The van der Waals surface area contributed by atoms with Crippen LogP contribution >= 0.6 is 0 Å². The fourth-order valence-electron chi connectivity index (χ4n) is 2.66. The van der Waals surface area contributed by atoms with E-state index in [0.717, 1.165) is 18.4 Å². The predicted molar refractivity (Wildman–Crippen MR) is 67.3 cm³/mol. The first-order chi connectivity index (χ1) is 8.75. The molecule has 92 valence electrons. The van der Waals surface area contributed by atoms with Gasteiger partial charge in [-0.15, -0.1) is 0 Å². The molecule has 1 aromatic heterocycles. The molecule has 2 aromatic rings. The fourth-order valence-corrected chi connectivity index (χ4v) is 2.66. The molecule has 1 aliphatic rings. The van der Waals surface area contributed by atoms with Crippen LogP contribution in [0.2, 0.25) is 0 Å². The molecule has 1 heterocycles. The van der Waals surface area contributed by atoms with E-state index >= 15 is 0 Å². The molecule has 1 unspecified atom stereocenters. The zero-order valence-corrected chi connectivity index (χ0v) is 10.3. The van der Waals surface area contributed by atoms with Crippen molar-refractivity contribution in [3.63, 3.8) is 0 Å². The lowest BCUT2D eigenvalue weighted by molar-refractivity contribution is 0.0884. The second kappa shape index (κ2) is 4.37. The van der Waals surface area contributed by atoms with Crippen molar-refractivity contribution in [3.8, 4) is 0 Å². The Bertz CT molecular complexity index is 575. The van der Waals surface area contributed by atoms with Crippen LogP contribution in [-0.4, -0.2) is 20.5 Å². The number of Topliss-reactive ketones (excluding diaryl/α,β-unsaturated/α-hetero) is 1. The minimum absolute atomic E-state index is 0.0287. The second-order valence-corrected chi connectivity index (χ2v) is 4.82. The number of hydrogen-bond donors (Lipinski definition) is 0. The monoisotopic (exact) mass is 241 g/mol. The number of carbonyl (C=O) groups excluding carboxylic acids is 1. The molecule has 18 heavy (non-hydrogen) atoms. The Morgan fingerprint density at radius 2 is 2.33 bits per heavy atom. The lowest BCUT2D eigenvalue weighted by Crippen LogP contribution is -2.27. The lowest BCUT2D eigenvalue weighted by atomic mass is 9.81. The molecule has 0 saturated heterocycles. The summed E-state index contributed by atoms with van der Waals surface area (Å²) in [5, 5.41) is 4.07. The van der Waals surface area contributed by atoms with Crippen LogP contribution < -0.4 is 0 Å². The van der Waals surface area contributed by atoms with Gasteiger partial charge >= 0.3 is 0 Å². The highest BCUT2D eigenvalue weighted by molar-refractivity contribution is 6.00. The van der Waals surface area contributed by atoms with E-state index in [2.05, 4.69) is 23.1 Å². The summed E-state index contributed by atoms with van der Waals surface area (Å²) in [6, 6.07) is 5.98. The van der Waals surface area contributed by atoms with Gasteiger partial charge in [-0.3, -0.25) is 9.48 Å². The van der Waals surface area contributed by atoms with Crippen LogP contribution in [0.25, 0.3) is 0 Å². The molecule has 1 aliphatic carbocycles. The van der Waals surface area contributed by atoms with Crippen molar-refractivity contribution in [3.05, 3.63) is 47.5 Å². The first kappa shape index (κ1) is 11.1. The molecule has 0 bridgehead atoms. The summed E-state index contributed by atoms with van der Waals surface area (Å²) in [7, 11) is 0. The number of carbonyl (C=O) groups is 1. The van der Waals surface area contributed by atoms with Gasteiger partial charge in [0.2, 0.25) is 0 Å². The van der Waals surface area contributed by atoms with Gasteiger partial charge in [0, 0.05) is 11.5 Å². The van der Waals surface area contributed by atoms with E-state index in [1.807, 2.05) is 12.1 Å². The van der Waals surface area contributed by atoms with Crippen LogP contribution in [0.4, 0.5) is 0 Å². The Kier molecular flexibility index (Phi) is 2.70. The Labute approximate surface area is 106 Å². The number of ketones is 1. The van der Waals surface area contributed by atoms with Crippen LogP contribution in [0.15, 0.2) is 30.9 Å². The van der Waals surface area contributed by atoms with Crippen molar-refractivity contribution >= 4 is 5.78 Å². The first-order valence-corrected chi connectivity index (χ1v) is 6.21. The summed E-state index contributed by atoms with van der Waals surface area (Å²) in [6.07, 6.45) is 5.05. The zero-order valence-electron chi connectivity index (χ0n) is 10.3. The first-order valence-electron chi connectivity index (χ1n) is 6.21. The molecular formula is C14H15N3O. The average Bonchev–Trinajstić information content (AvgIpc) is 2.86. The van der Waals surface area contributed by atoms with E-state index in [4.69, 9.17) is 0 Å². The summed E-state index contributed by atoms with van der Waals surface area (Å²) < 4.78 is 1.74. The SMILES string of the molecule is Cc1cccc2c1CCC(Cn1cncn1)C2=O. The average molecular weight is 241 g/mol. The number of aromatic nitrogens is 3. The fraction of sp³-hybridized carbons (Fsp3) is 0.357. The molecule has 0 spiro atoms. The molecule has 0 N–H and O–H groups in total. The Morgan fingerprint density at radius 1 is 1.44 bits per heavy atom. The molecule has 4 nitrogen and oxygen atoms in total. The Morgan fingerprint density at radius 3 is 3.11 bits per heavy atom. The van der Waals surface area contributed by atoms with E-state index < -0.39 is 0 Å². The summed E-state index contributed by atoms with van der Waals surface area (Å²) in [5.74, 6) is 0.274. The molecule has 1 aromatic carbocycles. The van der Waals surface area contributed by atoms with Crippen molar-refractivity contribution < 1.29 is 4.79 Å². The normalized spacial score (nSPS) is 18.7. The highest BCUT2D eigenvalue weighted by Gasteiger charge is 2.28. The van der Waals surface area contributed by atoms with Gasteiger partial charge in [0.25, 0.3) is 0 Å². The molecule has 3 rings (SSSR count). The van der Waals surface area contributed by atoms with Crippen molar-refractivity contribution in [2.75, 3.05) is 0 Å². The third kappa shape index (κ3) is 1.83. The summed E-state index contributed by atoms with van der Waals surface area (Å²) in [4.78, 5) is 16.3. The maximum Gasteiger partial charge on any atom is 0.168 e. The van der Waals surface area contributed by atoms with Crippen molar-refractivity contribution in [2.24, 2.45) is 5.92 Å². The number of hydrogen-bond acceptors (Lipinski definition) is 3.